The lowest BCUT2D eigenvalue weighted by Crippen LogP contribution is -2.27. The highest BCUT2D eigenvalue weighted by Crippen LogP contribution is 2.16. The van der Waals surface area contributed by atoms with Gasteiger partial charge in [-0.1, -0.05) is 12.1 Å². The van der Waals surface area contributed by atoms with E-state index in [2.05, 4.69) is 20.8 Å². The summed E-state index contributed by atoms with van der Waals surface area (Å²) in [5.74, 6) is -0.0504. The van der Waals surface area contributed by atoms with E-state index >= 15 is 0 Å². The molecule has 0 fully saturated rings. The van der Waals surface area contributed by atoms with Crippen molar-refractivity contribution in [3.8, 4) is 0 Å². The third kappa shape index (κ3) is 3.53. The molecule has 0 radical (unpaired) electrons. The minimum absolute atomic E-state index is 0.216. The number of carbonyl (C=O) groups excluding carboxylic acids is 1. The van der Waals surface area contributed by atoms with Crippen LogP contribution in [-0.4, -0.2) is 23.2 Å². The van der Waals surface area contributed by atoms with Crippen LogP contribution in [0.2, 0.25) is 0 Å². The molecular weight excluding hydrogens is 271 g/mol. The summed E-state index contributed by atoms with van der Waals surface area (Å²) in [4.78, 5) is 12.1. The molecule has 0 saturated heterocycles. The zero-order chi connectivity index (χ0) is 15.4. The molecule has 0 saturated carbocycles. The minimum atomic E-state index is -0.348. The number of anilines is 1. The van der Waals surface area contributed by atoms with E-state index in [-0.39, 0.29) is 23.5 Å². The van der Waals surface area contributed by atoms with Gasteiger partial charge >= 0.3 is 0 Å². The van der Waals surface area contributed by atoms with Crippen LogP contribution in [0.25, 0.3) is 0 Å². The maximum Gasteiger partial charge on any atom is 0.272 e. The lowest BCUT2D eigenvalue weighted by molar-refractivity contribution is 0.0934. The van der Waals surface area contributed by atoms with Gasteiger partial charge in [0.05, 0.1) is 6.04 Å². The van der Waals surface area contributed by atoms with Crippen LogP contribution < -0.4 is 10.6 Å². The van der Waals surface area contributed by atoms with Crippen molar-refractivity contribution < 1.29 is 9.18 Å². The third-order valence-corrected chi connectivity index (χ3v) is 3.20. The maximum absolute atomic E-state index is 13.5. The molecule has 0 bridgehead atoms. The standard InChI is InChI=1S/C15H17FN4O/c1-9-4-5-11(8-12(9)16)10(2)18-15(21)13-6-7-14(17-3)20-19-13/h4-8,10H,1-3H3,(H,17,20)(H,18,21). The Labute approximate surface area is 122 Å². The number of carbonyl (C=O) groups is 1. The summed E-state index contributed by atoms with van der Waals surface area (Å²) >= 11 is 0. The smallest absolute Gasteiger partial charge is 0.272 e. The van der Waals surface area contributed by atoms with Crippen molar-refractivity contribution in [1.82, 2.24) is 15.5 Å². The highest BCUT2D eigenvalue weighted by molar-refractivity contribution is 5.92. The molecule has 2 rings (SSSR count). The van der Waals surface area contributed by atoms with Crippen molar-refractivity contribution in [1.29, 1.82) is 0 Å². The Balaban J connectivity index is 2.08. The Morgan fingerprint density at radius 3 is 2.57 bits per heavy atom. The van der Waals surface area contributed by atoms with Crippen LogP contribution >= 0.6 is 0 Å². The van der Waals surface area contributed by atoms with Gasteiger partial charge in [0.25, 0.3) is 5.91 Å². The van der Waals surface area contributed by atoms with E-state index in [0.29, 0.717) is 16.9 Å². The number of hydrogen-bond donors (Lipinski definition) is 2. The number of amides is 1. The van der Waals surface area contributed by atoms with E-state index in [1.165, 1.54) is 6.07 Å². The van der Waals surface area contributed by atoms with Crippen molar-refractivity contribution in [2.45, 2.75) is 19.9 Å². The van der Waals surface area contributed by atoms with Crippen LogP contribution in [0, 0.1) is 12.7 Å². The molecule has 0 aliphatic heterocycles. The van der Waals surface area contributed by atoms with Crippen LogP contribution in [0.4, 0.5) is 10.2 Å². The normalized spacial score (nSPS) is 11.8. The average Bonchev–Trinajstić information content (AvgIpc) is 2.50. The molecule has 1 heterocycles. The van der Waals surface area contributed by atoms with Gasteiger partial charge < -0.3 is 10.6 Å². The highest BCUT2D eigenvalue weighted by Gasteiger charge is 2.14. The number of nitrogens with one attached hydrogen (secondary N) is 2. The fourth-order valence-corrected chi connectivity index (χ4v) is 1.82. The second kappa shape index (κ2) is 6.30. The van der Waals surface area contributed by atoms with Crippen LogP contribution in [0.1, 0.15) is 34.6 Å². The predicted molar refractivity (Wildman–Crippen MR) is 78.6 cm³/mol. The highest BCUT2D eigenvalue weighted by atomic mass is 19.1. The van der Waals surface area contributed by atoms with Crippen LogP contribution in [-0.2, 0) is 0 Å². The fraction of sp³-hybridized carbons (Fsp3) is 0.267. The summed E-state index contributed by atoms with van der Waals surface area (Å²) in [5.41, 5.74) is 1.49. The summed E-state index contributed by atoms with van der Waals surface area (Å²) in [7, 11) is 1.72. The Morgan fingerprint density at radius 2 is 2.00 bits per heavy atom. The molecule has 2 N–H and O–H groups in total. The van der Waals surface area contributed by atoms with Gasteiger partial charge in [0.15, 0.2) is 5.69 Å². The van der Waals surface area contributed by atoms with Gasteiger partial charge in [-0.25, -0.2) is 4.39 Å². The van der Waals surface area contributed by atoms with Crippen LogP contribution in [0.3, 0.4) is 0 Å². The first-order valence-electron chi connectivity index (χ1n) is 6.59. The topological polar surface area (TPSA) is 66.9 Å². The number of nitrogens with zero attached hydrogens (tertiary/aromatic N) is 2. The molecule has 2 aromatic rings. The van der Waals surface area contributed by atoms with Crippen molar-refractivity contribution in [2.24, 2.45) is 0 Å². The molecule has 5 nitrogen and oxygen atoms in total. The number of rotatable bonds is 4. The minimum Gasteiger partial charge on any atom is -0.372 e. The number of aromatic nitrogens is 2. The van der Waals surface area contributed by atoms with Gasteiger partial charge in [-0.3, -0.25) is 4.79 Å². The molecule has 110 valence electrons. The maximum atomic E-state index is 13.5. The van der Waals surface area contributed by atoms with Crippen molar-refractivity contribution in [3.63, 3.8) is 0 Å². The Bertz CT molecular complexity index is 643. The second-order valence-corrected chi connectivity index (χ2v) is 4.76. The molecule has 1 aromatic heterocycles. The SMILES string of the molecule is CNc1ccc(C(=O)NC(C)c2ccc(C)c(F)c2)nn1. The summed E-state index contributed by atoms with van der Waals surface area (Å²) in [6.45, 7) is 3.48. The summed E-state index contributed by atoms with van der Waals surface area (Å²) < 4.78 is 13.5. The zero-order valence-corrected chi connectivity index (χ0v) is 12.1. The molecule has 1 amide bonds. The van der Waals surface area contributed by atoms with Crippen LogP contribution in [0.15, 0.2) is 30.3 Å². The van der Waals surface area contributed by atoms with Crippen LogP contribution in [0.5, 0.6) is 0 Å². The van der Waals surface area contributed by atoms with E-state index in [4.69, 9.17) is 0 Å². The van der Waals surface area contributed by atoms with Gasteiger partial charge in [0, 0.05) is 7.05 Å². The average molecular weight is 288 g/mol. The molecular formula is C15H17FN4O. The molecule has 0 aliphatic rings. The number of aryl methyl sites for hydroxylation is 1. The molecule has 0 spiro atoms. The van der Waals surface area contributed by atoms with Gasteiger partial charge in [0.2, 0.25) is 0 Å². The van der Waals surface area contributed by atoms with E-state index in [1.807, 2.05) is 0 Å². The summed E-state index contributed by atoms with van der Waals surface area (Å²) in [6, 6.07) is 7.83. The second-order valence-electron chi connectivity index (χ2n) is 4.76. The quantitative estimate of drug-likeness (QED) is 0.907. The Kier molecular flexibility index (Phi) is 4.47. The molecule has 1 aromatic carbocycles. The molecule has 6 heteroatoms. The third-order valence-electron chi connectivity index (χ3n) is 3.20. The van der Waals surface area contributed by atoms with Gasteiger partial charge in [0.1, 0.15) is 11.6 Å². The Hall–Kier alpha value is -2.50. The first kappa shape index (κ1) is 14.9. The fourth-order valence-electron chi connectivity index (χ4n) is 1.82. The largest absolute Gasteiger partial charge is 0.372 e. The number of hydrogen-bond acceptors (Lipinski definition) is 4. The molecule has 21 heavy (non-hydrogen) atoms. The van der Waals surface area contributed by atoms with Gasteiger partial charge in [-0.2, -0.15) is 0 Å². The summed E-state index contributed by atoms with van der Waals surface area (Å²) in [5, 5.41) is 13.3. The van der Waals surface area contributed by atoms with E-state index < -0.39 is 0 Å². The molecule has 1 unspecified atom stereocenters. The molecule has 1 atom stereocenters. The van der Waals surface area contributed by atoms with Crippen molar-refractivity contribution in [3.05, 3.63) is 53.0 Å². The van der Waals surface area contributed by atoms with Crippen molar-refractivity contribution >= 4 is 11.7 Å². The number of halogens is 1. The lowest BCUT2D eigenvalue weighted by atomic mass is 10.1. The van der Waals surface area contributed by atoms with Crippen molar-refractivity contribution in [2.75, 3.05) is 12.4 Å². The zero-order valence-electron chi connectivity index (χ0n) is 12.1. The first-order chi connectivity index (χ1) is 10.0. The van der Waals surface area contributed by atoms with E-state index in [1.54, 1.807) is 45.2 Å². The number of benzene rings is 1. The Morgan fingerprint density at radius 1 is 1.24 bits per heavy atom. The van der Waals surface area contributed by atoms with Gasteiger partial charge in [-0.05, 0) is 43.2 Å². The monoisotopic (exact) mass is 288 g/mol. The van der Waals surface area contributed by atoms with E-state index in [9.17, 15) is 9.18 Å². The first-order valence-corrected chi connectivity index (χ1v) is 6.59. The van der Waals surface area contributed by atoms with Gasteiger partial charge in [-0.15, -0.1) is 10.2 Å². The predicted octanol–water partition coefficient (Wildman–Crippen LogP) is 2.46. The lowest BCUT2D eigenvalue weighted by Gasteiger charge is -2.14. The van der Waals surface area contributed by atoms with E-state index in [0.717, 1.165) is 0 Å². The summed E-state index contributed by atoms with van der Waals surface area (Å²) in [6.07, 6.45) is 0. The molecule has 0 aliphatic carbocycles.